The molecule has 0 unspecified atom stereocenters. The zero-order valence-electron chi connectivity index (χ0n) is 18.4. The third kappa shape index (κ3) is 5.23. The number of nitrogens with one attached hydrogen (secondary N) is 2. The van der Waals surface area contributed by atoms with E-state index in [-0.39, 0.29) is 5.95 Å². The van der Waals surface area contributed by atoms with Gasteiger partial charge in [0.1, 0.15) is 11.3 Å². The molecule has 4 N–H and O–H groups in total. The van der Waals surface area contributed by atoms with Crippen LogP contribution in [0.5, 0.6) is 5.75 Å². The van der Waals surface area contributed by atoms with Gasteiger partial charge >= 0.3 is 0 Å². The molecular weight excluding hydrogens is 392 g/mol. The number of nitrogens with two attached hydrogens (primary N) is 1. The number of nitrogens with zero attached hydrogens (tertiary/aromatic N) is 5. The number of fused-ring (bicyclic) bond motifs is 1. The van der Waals surface area contributed by atoms with E-state index in [9.17, 15) is 0 Å². The van der Waals surface area contributed by atoms with Gasteiger partial charge in [0.25, 0.3) is 0 Å². The summed E-state index contributed by atoms with van der Waals surface area (Å²) in [5, 5.41) is 11.5. The van der Waals surface area contributed by atoms with Crippen molar-refractivity contribution in [3.8, 4) is 5.75 Å². The highest BCUT2D eigenvalue weighted by Gasteiger charge is 2.14. The number of hydrogen-bond acceptors (Lipinski definition) is 8. The molecule has 0 aliphatic carbocycles. The Morgan fingerprint density at radius 1 is 1.19 bits per heavy atom. The predicted octanol–water partition coefficient (Wildman–Crippen LogP) is 2.08. The molecule has 1 aliphatic rings. The average Bonchev–Trinajstić information content (AvgIpc) is 3.17. The minimum atomic E-state index is 0.252. The number of piperazine rings is 1. The second kappa shape index (κ2) is 9.93. The van der Waals surface area contributed by atoms with Crippen molar-refractivity contribution in [1.82, 2.24) is 30.0 Å². The first-order chi connectivity index (χ1) is 15.2. The molecule has 1 aromatic carbocycles. The van der Waals surface area contributed by atoms with E-state index in [1.165, 1.54) is 5.56 Å². The Morgan fingerprint density at radius 3 is 2.81 bits per heavy atom. The highest BCUT2D eigenvalue weighted by atomic mass is 16.5. The molecular formula is C22H32N8O. The second-order valence-electron chi connectivity index (χ2n) is 7.94. The summed E-state index contributed by atoms with van der Waals surface area (Å²) in [4.78, 5) is 11.2. The Morgan fingerprint density at radius 2 is 2.03 bits per heavy atom. The van der Waals surface area contributed by atoms with Crippen LogP contribution in [-0.2, 0) is 13.1 Å². The summed E-state index contributed by atoms with van der Waals surface area (Å²) in [6.45, 7) is 8.74. The zero-order chi connectivity index (χ0) is 21.6. The normalized spacial score (nSPS) is 14.8. The van der Waals surface area contributed by atoms with Gasteiger partial charge in [-0.2, -0.15) is 10.1 Å². The number of hydrogen-bond donors (Lipinski definition) is 3. The number of benzene rings is 1. The number of unbranched alkanes of at least 4 members (excludes halogenated alkanes) is 1. The molecule has 2 aromatic heterocycles. The molecule has 1 saturated heterocycles. The Hall–Kier alpha value is -2.91. The maximum atomic E-state index is 5.92. The van der Waals surface area contributed by atoms with E-state index < -0.39 is 0 Å². The van der Waals surface area contributed by atoms with Gasteiger partial charge in [-0.25, -0.2) is 4.98 Å². The second-order valence-corrected chi connectivity index (χ2v) is 7.94. The maximum absolute atomic E-state index is 5.92. The summed E-state index contributed by atoms with van der Waals surface area (Å²) < 4.78 is 7.51. The molecule has 3 heterocycles. The van der Waals surface area contributed by atoms with Crippen LogP contribution < -0.4 is 21.1 Å². The summed E-state index contributed by atoms with van der Waals surface area (Å²) in [5.41, 5.74) is 9.76. The molecule has 0 amide bonds. The molecule has 4 rings (SSSR count). The molecule has 0 bridgehead atoms. The zero-order valence-corrected chi connectivity index (χ0v) is 18.4. The van der Waals surface area contributed by atoms with Crippen LogP contribution in [0.3, 0.4) is 0 Å². The van der Waals surface area contributed by atoms with E-state index in [0.717, 1.165) is 74.5 Å². The Bertz CT molecular complexity index is 1010. The number of anilines is 2. The monoisotopic (exact) mass is 424 g/mol. The molecule has 0 atom stereocenters. The van der Waals surface area contributed by atoms with Crippen molar-refractivity contribution in [2.45, 2.75) is 32.9 Å². The number of nitrogen functional groups attached to an aromatic ring is 1. The van der Waals surface area contributed by atoms with Gasteiger partial charge in [-0.05, 0) is 24.1 Å². The Kier molecular flexibility index (Phi) is 6.83. The van der Waals surface area contributed by atoms with Gasteiger partial charge in [0.2, 0.25) is 5.95 Å². The summed E-state index contributed by atoms with van der Waals surface area (Å²) >= 11 is 0. The quantitative estimate of drug-likeness (QED) is 0.448. The van der Waals surface area contributed by atoms with Crippen molar-refractivity contribution in [3.63, 3.8) is 0 Å². The van der Waals surface area contributed by atoms with Crippen LogP contribution in [0.1, 0.15) is 30.9 Å². The standard InChI is InChI=1S/C22H32N8O/c1-3-4-7-25-21-20-18(26-22(23)27-21)15-30(28-20)14-17-12-16(5-6-19(17)31-2)13-29-10-8-24-9-11-29/h5-6,12,15,24H,3-4,7-11,13-14H2,1-2H3,(H3,23,25,26,27). The Labute approximate surface area is 183 Å². The maximum Gasteiger partial charge on any atom is 0.222 e. The third-order valence-corrected chi connectivity index (χ3v) is 5.54. The first kappa shape index (κ1) is 21.3. The lowest BCUT2D eigenvalue weighted by Crippen LogP contribution is -2.42. The highest BCUT2D eigenvalue weighted by Crippen LogP contribution is 2.24. The summed E-state index contributed by atoms with van der Waals surface area (Å²) in [7, 11) is 1.70. The molecule has 31 heavy (non-hydrogen) atoms. The van der Waals surface area contributed by atoms with Gasteiger partial charge in [-0.1, -0.05) is 19.4 Å². The van der Waals surface area contributed by atoms with Gasteiger partial charge in [0, 0.05) is 44.8 Å². The van der Waals surface area contributed by atoms with E-state index in [0.29, 0.717) is 12.4 Å². The minimum Gasteiger partial charge on any atom is -0.496 e. The third-order valence-electron chi connectivity index (χ3n) is 5.54. The molecule has 3 aromatic rings. The number of rotatable bonds is 9. The van der Waals surface area contributed by atoms with Gasteiger partial charge in [0.15, 0.2) is 11.3 Å². The van der Waals surface area contributed by atoms with E-state index in [1.807, 2.05) is 16.9 Å². The number of aromatic nitrogens is 4. The van der Waals surface area contributed by atoms with Crippen LogP contribution in [0, 0.1) is 0 Å². The molecule has 166 valence electrons. The minimum absolute atomic E-state index is 0.252. The average molecular weight is 425 g/mol. The number of methoxy groups -OCH3 is 1. The van der Waals surface area contributed by atoms with Crippen LogP contribution in [0.2, 0.25) is 0 Å². The van der Waals surface area contributed by atoms with E-state index in [4.69, 9.17) is 15.6 Å². The predicted molar refractivity (Wildman–Crippen MR) is 123 cm³/mol. The lowest BCUT2D eigenvalue weighted by molar-refractivity contribution is 0.233. The topological polar surface area (TPSA) is 106 Å². The van der Waals surface area contributed by atoms with Gasteiger partial charge < -0.3 is 21.1 Å². The van der Waals surface area contributed by atoms with Gasteiger partial charge in [0.05, 0.1) is 19.9 Å². The van der Waals surface area contributed by atoms with Gasteiger partial charge in [-0.3, -0.25) is 9.58 Å². The molecule has 9 nitrogen and oxygen atoms in total. The van der Waals surface area contributed by atoms with Crippen molar-refractivity contribution in [2.24, 2.45) is 0 Å². The largest absolute Gasteiger partial charge is 0.496 e. The molecule has 0 radical (unpaired) electrons. The summed E-state index contributed by atoms with van der Waals surface area (Å²) in [5.74, 6) is 1.80. The van der Waals surface area contributed by atoms with E-state index in [1.54, 1.807) is 7.11 Å². The fraction of sp³-hybridized carbons (Fsp3) is 0.500. The van der Waals surface area contributed by atoms with Crippen LogP contribution in [0.25, 0.3) is 11.0 Å². The smallest absolute Gasteiger partial charge is 0.222 e. The van der Waals surface area contributed by atoms with Crippen LogP contribution >= 0.6 is 0 Å². The fourth-order valence-electron chi connectivity index (χ4n) is 3.92. The van der Waals surface area contributed by atoms with Crippen LogP contribution in [0.4, 0.5) is 11.8 Å². The Balaban J connectivity index is 1.57. The van der Waals surface area contributed by atoms with Crippen molar-refractivity contribution < 1.29 is 4.74 Å². The van der Waals surface area contributed by atoms with Gasteiger partial charge in [-0.15, -0.1) is 0 Å². The molecule has 1 aliphatic heterocycles. The molecule has 0 saturated carbocycles. The SMILES string of the molecule is CCCCNc1nc(N)nc2cn(Cc3cc(CN4CCNCC4)ccc3OC)nc12. The highest BCUT2D eigenvalue weighted by molar-refractivity contribution is 5.85. The first-order valence-electron chi connectivity index (χ1n) is 11.0. The molecule has 9 heteroatoms. The molecule has 1 fully saturated rings. The van der Waals surface area contributed by atoms with Crippen molar-refractivity contribution >= 4 is 22.8 Å². The summed E-state index contributed by atoms with van der Waals surface area (Å²) in [6, 6.07) is 6.41. The first-order valence-corrected chi connectivity index (χ1v) is 11.0. The van der Waals surface area contributed by atoms with E-state index >= 15 is 0 Å². The van der Waals surface area contributed by atoms with Crippen LogP contribution in [-0.4, -0.2) is 64.5 Å². The van der Waals surface area contributed by atoms with Crippen molar-refractivity contribution in [1.29, 1.82) is 0 Å². The van der Waals surface area contributed by atoms with Crippen LogP contribution in [0.15, 0.2) is 24.4 Å². The molecule has 0 spiro atoms. The number of ether oxygens (including phenoxy) is 1. The van der Waals surface area contributed by atoms with Crippen molar-refractivity contribution in [2.75, 3.05) is 50.9 Å². The van der Waals surface area contributed by atoms with E-state index in [2.05, 4.69) is 44.6 Å². The summed E-state index contributed by atoms with van der Waals surface area (Å²) in [6.07, 6.45) is 4.08. The fourth-order valence-corrected chi connectivity index (χ4v) is 3.92. The lowest BCUT2D eigenvalue weighted by atomic mass is 10.1. The van der Waals surface area contributed by atoms with Crippen molar-refractivity contribution in [3.05, 3.63) is 35.5 Å². The lowest BCUT2D eigenvalue weighted by Gasteiger charge is -2.27.